The molecule has 1 N–H and O–H groups in total. The zero-order valence-corrected chi connectivity index (χ0v) is 11.9. The number of nitrogens with zero attached hydrogens (tertiary/aromatic N) is 3. The average Bonchev–Trinajstić information content (AvgIpc) is 3.28. The summed E-state index contributed by atoms with van der Waals surface area (Å²) in [5, 5.41) is 6.97. The van der Waals surface area contributed by atoms with E-state index in [2.05, 4.69) is 31.9 Å². The van der Waals surface area contributed by atoms with E-state index in [1.165, 1.54) is 0 Å². The minimum absolute atomic E-state index is 0.680. The standard InChI is InChI=1S/C15H12N4OS/c1-2-11(20-9-1)10-19-8-7-16-15(19)14-4-3-13(21-14)12-5-6-17-18-12/h1-9H,10H2,(H,17,18). The van der Waals surface area contributed by atoms with Crippen LogP contribution in [0.2, 0.25) is 0 Å². The number of H-pyrrole nitrogens is 1. The topological polar surface area (TPSA) is 59.6 Å². The fourth-order valence-electron chi connectivity index (χ4n) is 2.23. The summed E-state index contributed by atoms with van der Waals surface area (Å²) in [6.07, 6.45) is 7.22. The molecule has 0 radical (unpaired) electrons. The van der Waals surface area contributed by atoms with Crippen molar-refractivity contribution in [3.8, 4) is 21.3 Å². The molecule has 4 aromatic heterocycles. The van der Waals surface area contributed by atoms with Gasteiger partial charge in [-0.25, -0.2) is 4.98 Å². The SMILES string of the molecule is c1coc(Cn2ccnc2-c2ccc(-c3ccn[nH]3)s2)c1. The van der Waals surface area contributed by atoms with Gasteiger partial charge in [-0.1, -0.05) is 0 Å². The largest absolute Gasteiger partial charge is 0.467 e. The first-order valence-electron chi connectivity index (χ1n) is 6.53. The van der Waals surface area contributed by atoms with E-state index < -0.39 is 0 Å². The number of rotatable bonds is 4. The smallest absolute Gasteiger partial charge is 0.150 e. The number of aromatic amines is 1. The number of hydrogen-bond acceptors (Lipinski definition) is 4. The van der Waals surface area contributed by atoms with Crippen LogP contribution in [0.1, 0.15) is 5.76 Å². The molecule has 0 unspecified atom stereocenters. The highest BCUT2D eigenvalue weighted by Gasteiger charge is 2.11. The Balaban J connectivity index is 1.67. The molecule has 104 valence electrons. The minimum atomic E-state index is 0.680. The van der Waals surface area contributed by atoms with Gasteiger partial charge in [0, 0.05) is 18.6 Å². The first kappa shape index (κ1) is 12.2. The highest BCUT2D eigenvalue weighted by molar-refractivity contribution is 7.18. The second-order valence-electron chi connectivity index (χ2n) is 4.59. The second kappa shape index (κ2) is 5.06. The summed E-state index contributed by atoms with van der Waals surface area (Å²) in [6.45, 7) is 0.680. The van der Waals surface area contributed by atoms with Gasteiger partial charge in [-0.15, -0.1) is 11.3 Å². The van der Waals surface area contributed by atoms with Crippen LogP contribution in [0.5, 0.6) is 0 Å². The maximum Gasteiger partial charge on any atom is 0.150 e. The van der Waals surface area contributed by atoms with Crippen LogP contribution in [0, 0.1) is 0 Å². The van der Waals surface area contributed by atoms with Gasteiger partial charge in [0.25, 0.3) is 0 Å². The summed E-state index contributed by atoms with van der Waals surface area (Å²) in [5.74, 6) is 1.86. The van der Waals surface area contributed by atoms with Crippen LogP contribution in [0.4, 0.5) is 0 Å². The Labute approximate surface area is 124 Å². The summed E-state index contributed by atoms with van der Waals surface area (Å²) < 4.78 is 7.49. The Morgan fingerprint density at radius 2 is 2.10 bits per heavy atom. The van der Waals surface area contributed by atoms with Crippen LogP contribution in [0.3, 0.4) is 0 Å². The van der Waals surface area contributed by atoms with Gasteiger partial charge in [-0.3, -0.25) is 5.10 Å². The molecule has 4 heterocycles. The Morgan fingerprint density at radius 1 is 1.14 bits per heavy atom. The van der Waals surface area contributed by atoms with Gasteiger partial charge >= 0.3 is 0 Å². The minimum Gasteiger partial charge on any atom is -0.467 e. The zero-order valence-electron chi connectivity index (χ0n) is 11.1. The van der Waals surface area contributed by atoms with E-state index in [4.69, 9.17) is 4.42 Å². The molecule has 0 aliphatic heterocycles. The van der Waals surface area contributed by atoms with Crippen molar-refractivity contribution in [1.29, 1.82) is 0 Å². The van der Waals surface area contributed by atoms with Gasteiger partial charge in [0.1, 0.15) is 11.6 Å². The third kappa shape index (κ3) is 2.30. The van der Waals surface area contributed by atoms with Crippen molar-refractivity contribution in [2.75, 3.05) is 0 Å². The molecule has 0 atom stereocenters. The lowest BCUT2D eigenvalue weighted by Gasteiger charge is -2.03. The second-order valence-corrected chi connectivity index (χ2v) is 5.68. The van der Waals surface area contributed by atoms with E-state index in [0.717, 1.165) is 27.0 Å². The number of aromatic nitrogens is 4. The highest BCUT2D eigenvalue weighted by Crippen LogP contribution is 2.32. The van der Waals surface area contributed by atoms with Gasteiger partial charge < -0.3 is 8.98 Å². The molecule has 0 aromatic carbocycles. The van der Waals surface area contributed by atoms with Crippen LogP contribution < -0.4 is 0 Å². The maximum absolute atomic E-state index is 5.40. The molecule has 6 heteroatoms. The summed E-state index contributed by atoms with van der Waals surface area (Å²) in [6, 6.07) is 9.99. The Kier molecular flexibility index (Phi) is 2.93. The Hall–Kier alpha value is -2.60. The van der Waals surface area contributed by atoms with Crippen molar-refractivity contribution in [1.82, 2.24) is 19.7 Å². The molecule has 0 amide bonds. The molecule has 4 aromatic rings. The van der Waals surface area contributed by atoms with E-state index in [0.29, 0.717) is 6.54 Å². The van der Waals surface area contributed by atoms with Gasteiger partial charge in [0.2, 0.25) is 0 Å². The number of furan rings is 1. The highest BCUT2D eigenvalue weighted by atomic mass is 32.1. The Morgan fingerprint density at radius 3 is 2.90 bits per heavy atom. The molecule has 0 aliphatic rings. The number of nitrogens with one attached hydrogen (secondary N) is 1. The van der Waals surface area contributed by atoms with Crippen LogP contribution in [0.25, 0.3) is 21.3 Å². The third-order valence-corrected chi connectivity index (χ3v) is 4.33. The quantitative estimate of drug-likeness (QED) is 0.625. The van der Waals surface area contributed by atoms with E-state index >= 15 is 0 Å². The van der Waals surface area contributed by atoms with Crippen molar-refractivity contribution < 1.29 is 4.42 Å². The van der Waals surface area contributed by atoms with Crippen molar-refractivity contribution in [2.45, 2.75) is 6.54 Å². The molecule has 0 bridgehead atoms. The third-order valence-electron chi connectivity index (χ3n) is 3.21. The van der Waals surface area contributed by atoms with Crippen LogP contribution in [0.15, 0.2) is 59.6 Å². The molecule has 0 fully saturated rings. The van der Waals surface area contributed by atoms with Gasteiger partial charge in [-0.2, -0.15) is 5.10 Å². The molecule has 21 heavy (non-hydrogen) atoms. The molecule has 0 spiro atoms. The zero-order chi connectivity index (χ0) is 14.1. The molecule has 0 saturated heterocycles. The number of thiophene rings is 1. The average molecular weight is 296 g/mol. The van der Waals surface area contributed by atoms with Crippen molar-refractivity contribution >= 4 is 11.3 Å². The summed E-state index contributed by atoms with van der Waals surface area (Å²) in [5.41, 5.74) is 1.02. The fourth-order valence-corrected chi connectivity index (χ4v) is 3.22. The number of imidazole rings is 1. The molecule has 5 nitrogen and oxygen atoms in total. The van der Waals surface area contributed by atoms with Crippen LogP contribution in [-0.4, -0.2) is 19.7 Å². The molecular formula is C15H12N4OS. The normalized spacial score (nSPS) is 11.0. The molecular weight excluding hydrogens is 284 g/mol. The summed E-state index contributed by atoms with van der Waals surface area (Å²) in [4.78, 5) is 6.74. The van der Waals surface area contributed by atoms with E-state index in [9.17, 15) is 0 Å². The molecule has 0 saturated carbocycles. The van der Waals surface area contributed by atoms with E-state index in [1.54, 1.807) is 23.8 Å². The lowest BCUT2D eigenvalue weighted by atomic mass is 10.3. The Bertz CT molecular complexity index is 827. The number of hydrogen-bond donors (Lipinski definition) is 1. The van der Waals surface area contributed by atoms with Crippen molar-refractivity contribution in [2.24, 2.45) is 0 Å². The van der Waals surface area contributed by atoms with Crippen molar-refractivity contribution in [3.63, 3.8) is 0 Å². The first-order valence-corrected chi connectivity index (χ1v) is 7.35. The summed E-state index contributed by atoms with van der Waals surface area (Å²) in [7, 11) is 0. The predicted octanol–water partition coefficient (Wildman–Crippen LogP) is 3.64. The lowest BCUT2D eigenvalue weighted by molar-refractivity contribution is 0.494. The van der Waals surface area contributed by atoms with Gasteiger partial charge in [0.05, 0.1) is 28.3 Å². The van der Waals surface area contributed by atoms with E-state index in [-0.39, 0.29) is 0 Å². The fraction of sp³-hybridized carbons (Fsp3) is 0.0667. The lowest BCUT2D eigenvalue weighted by Crippen LogP contribution is -1.98. The van der Waals surface area contributed by atoms with Gasteiger partial charge in [0.15, 0.2) is 0 Å². The molecule has 0 aliphatic carbocycles. The van der Waals surface area contributed by atoms with Crippen molar-refractivity contribution in [3.05, 3.63) is 60.9 Å². The van der Waals surface area contributed by atoms with E-state index in [1.807, 2.05) is 30.6 Å². The maximum atomic E-state index is 5.40. The molecule has 4 rings (SSSR count). The first-order chi connectivity index (χ1) is 10.4. The van der Waals surface area contributed by atoms with Crippen LogP contribution >= 0.6 is 11.3 Å². The summed E-state index contributed by atoms with van der Waals surface area (Å²) >= 11 is 1.69. The van der Waals surface area contributed by atoms with Crippen LogP contribution in [-0.2, 0) is 6.54 Å². The van der Waals surface area contributed by atoms with Gasteiger partial charge in [-0.05, 0) is 30.3 Å². The predicted molar refractivity (Wildman–Crippen MR) is 80.9 cm³/mol. The monoisotopic (exact) mass is 296 g/mol.